The fourth-order valence-electron chi connectivity index (χ4n) is 3.27. The van der Waals surface area contributed by atoms with Crippen molar-refractivity contribution in [1.29, 1.82) is 0 Å². The van der Waals surface area contributed by atoms with Gasteiger partial charge in [-0.05, 0) is 37.5 Å². The summed E-state index contributed by atoms with van der Waals surface area (Å²) >= 11 is 1.74. The Balaban J connectivity index is 1.82. The number of aryl methyl sites for hydroxylation is 1. The molecular formula is C19H17NOS. The number of carbonyl (C=O) groups excluding carboxylic acids is 1. The summed E-state index contributed by atoms with van der Waals surface area (Å²) in [6.07, 6.45) is 1.79. The quantitative estimate of drug-likeness (QED) is 0.715. The van der Waals surface area contributed by atoms with Gasteiger partial charge in [0.25, 0.3) is 0 Å². The van der Waals surface area contributed by atoms with Crippen LogP contribution in [0.5, 0.6) is 0 Å². The highest BCUT2D eigenvalue weighted by molar-refractivity contribution is 8.03. The van der Waals surface area contributed by atoms with E-state index in [1.54, 1.807) is 11.8 Å². The number of hydrogen-bond acceptors (Lipinski definition) is 3. The Hall–Kier alpha value is -2.00. The lowest BCUT2D eigenvalue weighted by molar-refractivity contribution is 0.102. The number of fused-ring (bicyclic) bond motifs is 2. The van der Waals surface area contributed by atoms with Crippen LogP contribution in [-0.4, -0.2) is 12.3 Å². The number of nitrogens with zero attached hydrogens (tertiary/aromatic N) is 1. The molecule has 0 N–H and O–H groups in total. The topological polar surface area (TPSA) is 20.3 Å². The van der Waals surface area contributed by atoms with Crippen LogP contribution in [-0.2, 0) is 6.42 Å². The van der Waals surface area contributed by atoms with Crippen LogP contribution in [0.3, 0.4) is 0 Å². The van der Waals surface area contributed by atoms with Crippen molar-refractivity contribution < 1.29 is 4.79 Å². The molecule has 2 nitrogen and oxygen atoms in total. The van der Waals surface area contributed by atoms with Crippen molar-refractivity contribution in [3.05, 3.63) is 70.3 Å². The lowest BCUT2D eigenvalue weighted by Crippen LogP contribution is -2.23. The van der Waals surface area contributed by atoms with Gasteiger partial charge in [-0.25, -0.2) is 0 Å². The van der Waals surface area contributed by atoms with E-state index in [2.05, 4.69) is 42.2 Å². The molecule has 0 atom stereocenters. The Kier molecular flexibility index (Phi) is 3.30. The van der Waals surface area contributed by atoms with Gasteiger partial charge >= 0.3 is 0 Å². The summed E-state index contributed by atoms with van der Waals surface area (Å²) in [4.78, 5) is 16.4. The zero-order chi connectivity index (χ0) is 15.1. The van der Waals surface area contributed by atoms with Gasteiger partial charge < -0.3 is 4.90 Å². The molecule has 110 valence electrons. The zero-order valence-corrected chi connectivity index (χ0v) is 13.3. The zero-order valence-electron chi connectivity index (χ0n) is 12.5. The van der Waals surface area contributed by atoms with Crippen molar-refractivity contribution in [3.63, 3.8) is 0 Å². The number of carbonyl (C=O) groups is 1. The van der Waals surface area contributed by atoms with Gasteiger partial charge in [0, 0.05) is 22.6 Å². The molecule has 2 aromatic rings. The van der Waals surface area contributed by atoms with E-state index in [1.165, 1.54) is 16.1 Å². The van der Waals surface area contributed by atoms with Gasteiger partial charge in [-0.2, -0.15) is 0 Å². The minimum absolute atomic E-state index is 0.204. The molecule has 2 aliphatic rings. The average Bonchev–Trinajstić information content (AvgIpc) is 2.93. The summed E-state index contributed by atoms with van der Waals surface area (Å²) < 4.78 is 0. The number of allylic oxidation sites excluding steroid dienone is 1. The number of ketones is 1. The third kappa shape index (κ3) is 2.00. The molecule has 0 fully saturated rings. The molecule has 3 heteroatoms. The van der Waals surface area contributed by atoms with Crippen molar-refractivity contribution in [2.75, 3.05) is 11.4 Å². The molecule has 22 heavy (non-hydrogen) atoms. The van der Waals surface area contributed by atoms with Crippen LogP contribution in [0.4, 0.5) is 5.69 Å². The number of rotatable bonds is 1. The molecule has 1 heterocycles. The molecule has 0 unspecified atom stereocenters. The summed E-state index contributed by atoms with van der Waals surface area (Å²) in [5.74, 6) is 0.204. The Morgan fingerprint density at radius 1 is 1.05 bits per heavy atom. The van der Waals surface area contributed by atoms with Gasteiger partial charge in [-0.1, -0.05) is 48.2 Å². The Morgan fingerprint density at radius 3 is 2.68 bits per heavy atom. The first kappa shape index (κ1) is 13.6. The van der Waals surface area contributed by atoms with Crippen molar-refractivity contribution in [2.45, 2.75) is 24.7 Å². The molecule has 0 saturated carbocycles. The molecule has 1 aliphatic carbocycles. The second kappa shape index (κ2) is 5.33. The number of para-hydroxylation sites is 1. The SMILES string of the molecule is CCN1/C(=C2\CCc3ccccc3C2=O)Sc2ccccc21. The highest BCUT2D eigenvalue weighted by Crippen LogP contribution is 2.48. The predicted molar refractivity (Wildman–Crippen MR) is 91.4 cm³/mol. The van der Waals surface area contributed by atoms with E-state index in [1.807, 2.05) is 18.2 Å². The summed E-state index contributed by atoms with van der Waals surface area (Å²) in [5, 5.41) is 1.13. The summed E-state index contributed by atoms with van der Waals surface area (Å²) in [7, 11) is 0. The predicted octanol–water partition coefficient (Wildman–Crippen LogP) is 4.66. The second-order valence-electron chi connectivity index (χ2n) is 5.58. The number of benzene rings is 2. The first-order chi connectivity index (χ1) is 10.8. The van der Waals surface area contributed by atoms with Crippen LogP contribution < -0.4 is 4.90 Å². The Morgan fingerprint density at radius 2 is 1.82 bits per heavy atom. The van der Waals surface area contributed by atoms with Crippen LogP contribution in [0.2, 0.25) is 0 Å². The van der Waals surface area contributed by atoms with E-state index in [4.69, 9.17) is 0 Å². The molecule has 0 saturated heterocycles. The maximum absolute atomic E-state index is 12.9. The van der Waals surface area contributed by atoms with Crippen molar-refractivity contribution in [2.24, 2.45) is 0 Å². The maximum atomic E-state index is 12.9. The summed E-state index contributed by atoms with van der Waals surface area (Å²) in [5.41, 5.74) is 4.26. The van der Waals surface area contributed by atoms with Crippen molar-refractivity contribution >= 4 is 23.2 Å². The standard InChI is InChI=1S/C19H17NOS/c1-2-20-16-9-5-6-10-17(16)22-19(20)15-12-11-13-7-3-4-8-14(13)18(15)21/h3-10H,2,11-12H2,1H3/b19-15-. The normalized spacial score (nSPS) is 20.0. The lowest BCUT2D eigenvalue weighted by Gasteiger charge is -2.24. The first-order valence-electron chi connectivity index (χ1n) is 7.69. The van der Waals surface area contributed by atoms with E-state index in [9.17, 15) is 4.79 Å². The summed E-state index contributed by atoms with van der Waals surface area (Å²) in [6.45, 7) is 3.03. The highest BCUT2D eigenvalue weighted by Gasteiger charge is 2.31. The number of Topliss-reactive ketones (excluding diaryl/α,β-unsaturated/α-hetero) is 1. The maximum Gasteiger partial charge on any atom is 0.191 e. The molecule has 0 radical (unpaired) electrons. The van der Waals surface area contributed by atoms with Gasteiger partial charge in [0.1, 0.15) is 0 Å². The smallest absolute Gasteiger partial charge is 0.191 e. The Bertz CT molecular complexity index is 794. The highest BCUT2D eigenvalue weighted by atomic mass is 32.2. The number of hydrogen-bond donors (Lipinski definition) is 0. The van der Waals surface area contributed by atoms with Gasteiger partial charge in [0.05, 0.1) is 10.7 Å². The molecule has 0 amide bonds. The van der Waals surface area contributed by atoms with E-state index >= 15 is 0 Å². The van der Waals surface area contributed by atoms with Crippen LogP contribution in [0.15, 0.2) is 64.0 Å². The third-order valence-electron chi connectivity index (χ3n) is 4.36. The van der Waals surface area contributed by atoms with Gasteiger partial charge in [-0.15, -0.1) is 0 Å². The minimum Gasteiger partial charge on any atom is -0.335 e. The van der Waals surface area contributed by atoms with Crippen LogP contribution >= 0.6 is 11.8 Å². The molecule has 1 aliphatic heterocycles. The Labute approximate surface area is 134 Å². The van der Waals surface area contributed by atoms with Gasteiger partial charge in [0.2, 0.25) is 0 Å². The summed E-state index contributed by atoms with van der Waals surface area (Å²) in [6, 6.07) is 16.4. The fraction of sp³-hybridized carbons (Fsp3) is 0.211. The number of thioether (sulfide) groups is 1. The lowest BCUT2D eigenvalue weighted by atomic mass is 9.87. The molecule has 0 bridgehead atoms. The molecule has 4 rings (SSSR count). The minimum atomic E-state index is 0.204. The second-order valence-corrected chi connectivity index (χ2v) is 6.61. The molecule has 0 spiro atoms. The third-order valence-corrected chi connectivity index (χ3v) is 5.59. The van der Waals surface area contributed by atoms with E-state index in [0.717, 1.165) is 35.6 Å². The largest absolute Gasteiger partial charge is 0.335 e. The number of anilines is 1. The van der Waals surface area contributed by atoms with Crippen molar-refractivity contribution in [3.8, 4) is 0 Å². The van der Waals surface area contributed by atoms with Crippen LogP contribution in [0.1, 0.15) is 29.3 Å². The fourth-order valence-corrected chi connectivity index (χ4v) is 4.57. The van der Waals surface area contributed by atoms with Crippen LogP contribution in [0, 0.1) is 0 Å². The molecule has 0 aromatic heterocycles. The van der Waals surface area contributed by atoms with Crippen molar-refractivity contribution in [1.82, 2.24) is 0 Å². The molecular weight excluding hydrogens is 290 g/mol. The first-order valence-corrected chi connectivity index (χ1v) is 8.51. The van der Waals surface area contributed by atoms with E-state index < -0.39 is 0 Å². The van der Waals surface area contributed by atoms with Gasteiger partial charge in [0.15, 0.2) is 5.78 Å². The molecule has 2 aromatic carbocycles. The average molecular weight is 307 g/mol. The van der Waals surface area contributed by atoms with E-state index in [0.29, 0.717) is 0 Å². The van der Waals surface area contributed by atoms with Crippen LogP contribution in [0.25, 0.3) is 0 Å². The monoisotopic (exact) mass is 307 g/mol. The van der Waals surface area contributed by atoms with Gasteiger partial charge in [-0.3, -0.25) is 4.79 Å². The van der Waals surface area contributed by atoms with E-state index in [-0.39, 0.29) is 5.78 Å².